The lowest BCUT2D eigenvalue weighted by molar-refractivity contribution is 0.0951. The van der Waals surface area contributed by atoms with E-state index in [0.29, 0.717) is 36.1 Å². The van der Waals surface area contributed by atoms with E-state index in [-0.39, 0.29) is 5.91 Å². The number of hydrogen-bond donors (Lipinski definition) is 1. The predicted molar refractivity (Wildman–Crippen MR) is 88.8 cm³/mol. The standard InChI is InChI=1S/C17H21NO3S/c1-12(2)11-21-15-7-6-13(9-16(15)20-3)17(19)18-10-14-5-4-8-22-14/h4-9,12H,10-11H2,1-3H3,(H,18,19). The second-order valence-electron chi connectivity index (χ2n) is 5.33. The van der Waals surface area contributed by atoms with Crippen LogP contribution in [0.3, 0.4) is 0 Å². The Kier molecular flexibility index (Phi) is 5.83. The Morgan fingerprint density at radius 3 is 2.73 bits per heavy atom. The van der Waals surface area contributed by atoms with Gasteiger partial charge in [0.1, 0.15) is 0 Å². The molecule has 5 heteroatoms. The van der Waals surface area contributed by atoms with Gasteiger partial charge in [-0.1, -0.05) is 19.9 Å². The van der Waals surface area contributed by atoms with E-state index in [1.807, 2.05) is 17.5 Å². The molecular weight excluding hydrogens is 298 g/mol. The average Bonchev–Trinajstić information content (AvgIpc) is 3.03. The molecule has 2 aromatic rings. The maximum absolute atomic E-state index is 12.2. The molecule has 1 heterocycles. The number of thiophene rings is 1. The molecule has 0 spiro atoms. The molecule has 0 aliphatic carbocycles. The third kappa shape index (κ3) is 4.49. The Bertz CT molecular complexity index is 608. The molecule has 0 saturated carbocycles. The van der Waals surface area contributed by atoms with E-state index in [2.05, 4.69) is 19.2 Å². The topological polar surface area (TPSA) is 47.6 Å². The summed E-state index contributed by atoms with van der Waals surface area (Å²) in [5, 5.41) is 4.89. The van der Waals surface area contributed by atoms with Crippen LogP contribution in [0.25, 0.3) is 0 Å². The van der Waals surface area contributed by atoms with Crippen molar-refractivity contribution in [1.82, 2.24) is 5.32 Å². The van der Waals surface area contributed by atoms with Crippen molar-refractivity contribution in [2.45, 2.75) is 20.4 Å². The first kappa shape index (κ1) is 16.4. The molecule has 0 bridgehead atoms. The molecule has 0 fully saturated rings. The fourth-order valence-electron chi connectivity index (χ4n) is 1.87. The zero-order valence-electron chi connectivity index (χ0n) is 13.1. The van der Waals surface area contributed by atoms with Gasteiger partial charge in [0.2, 0.25) is 0 Å². The second-order valence-corrected chi connectivity index (χ2v) is 6.36. The first-order chi connectivity index (χ1) is 10.6. The summed E-state index contributed by atoms with van der Waals surface area (Å²) in [6.45, 7) is 5.31. The first-order valence-corrected chi connectivity index (χ1v) is 8.09. The summed E-state index contributed by atoms with van der Waals surface area (Å²) in [6, 6.07) is 9.20. The van der Waals surface area contributed by atoms with Gasteiger partial charge in [0.25, 0.3) is 5.91 Å². The van der Waals surface area contributed by atoms with Gasteiger partial charge in [-0.15, -0.1) is 11.3 Å². The molecule has 1 amide bonds. The van der Waals surface area contributed by atoms with Crippen molar-refractivity contribution in [1.29, 1.82) is 0 Å². The Hall–Kier alpha value is -2.01. The summed E-state index contributed by atoms with van der Waals surface area (Å²) in [6.07, 6.45) is 0. The van der Waals surface area contributed by atoms with Gasteiger partial charge in [-0.2, -0.15) is 0 Å². The van der Waals surface area contributed by atoms with Crippen molar-refractivity contribution in [3.05, 3.63) is 46.2 Å². The van der Waals surface area contributed by atoms with E-state index in [9.17, 15) is 4.79 Å². The highest BCUT2D eigenvalue weighted by Gasteiger charge is 2.11. The van der Waals surface area contributed by atoms with Gasteiger partial charge in [0, 0.05) is 10.4 Å². The van der Waals surface area contributed by atoms with Crippen LogP contribution < -0.4 is 14.8 Å². The molecule has 22 heavy (non-hydrogen) atoms. The van der Waals surface area contributed by atoms with Crippen LogP contribution >= 0.6 is 11.3 Å². The average molecular weight is 319 g/mol. The summed E-state index contributed by atoms with van der Waals surface area (Å²) < 4.78 is 11.0. The van der Waals surface area contributed by atoms with Crippen LogP contribution in [0.2, 0.25) is 0 Å². The predicted octanol–water partition coefficient (Wildman–Crippen LogP) is 3.72. The summed E-state index contributed by atoms with van der Waals surface area (Å²) in [5.41, 5.74) is 0.560. The maximum Gasteiger partial charge on any atom is 0.251 e. The summed E-state index contributed by atoms with van der Waals surface area (Å²) in [7, 11) is 1.57. The van der Waals surface area contributed by atoms with Crippen molar-refractivity contribution in [3.63, 3.8) is 0 Å². The fraction of sp³-hybridized carbons (Fsp3) is 0.353. The molecule has 0 atom stereocenters. The van der Waals surface area contributed by atoms with Crippen LogP contribution in [0.4, 0.5) is 0 Å². The molecule has 0 saturated heterocycles. The molecule has 4 nitrogen and oxygen atoms in total. The first-order valence-electron chi connectivity index (χ1n) is 7.21. The van der Waals surface area contributed by atoms with Gasteiger partial charge >= 0.3 is 0 Å². The number of rotatable bonds is 7. The molecule has 0 radical (unpaired) electrons. The number of amides is 1. The summed E-state index contributed by atoms with van der Waals surface area (Å²) in [5.74, 6) is 1.54. The maximum atomic E-state index is 12.2. The van der Waals surface area contributed by atoms with Crippen LogP contribution in [-0.4, -0.2) is 19.6 Å². The Labute approximate surface area is 135 Å². The largest absolute Gasteiger partial charge is 0.493 e. The minimum absolute atomic E-state index is 0.123. The number of carbonyl (C=O) groups is 1. The van der Waals surface area contributed by atoms with Crippen molar-refractivity contribution < 1.29 is 14.3 Å². The molecule has 0 unspecified atom stereocenters. The van der Waals surface area contributed by atoms with Gasteiger partial charge in [-0.25, -0.2) is 0 Å². The van der Waals surface area contributed by atoms with Gasteiger partial charge in [-0.3, -0.25) is 4.79 Å². The van der Waals surface area contributed by atoms with Crippen molar-refractivity contribution >= 4 is 17.2 Å². The minimum atomic E-state index is -0.123. The fourth-order valence-corrected chi connectivity index (χ4v) is 2.51. The number of nitrogens with one attached hydrogen (secondary N) is 1. The number of methoxy groups -OCH3 is 1. The Morgan fingerprint density at radius 1 is 1.27 bits per heavy atom. The Morgan fingerprint density at radius 2 is 2.09 bits per heavy atom. The van der Waals surface area contributed by atoms with E-state index in [4.69, 9.17) is 9.47 Å². The van der Waals surface area contributed by atoms with E-state index in [1.165, 1.54) is 0 Å². The molecule has 1 aromatic heterocycles. The highest BCUT2D eigenvalue weighted by atomic mass is 32.1. The summed E-state index contributed by atoms with van der Waals surface area (Å²) >= 11 is 1.62. The van der Waals surface area contributed by atoms with Crippen molar-refractivity contribution in [3.8, 4) is 11.5 Å². The third-order valence-corrected chi connectivity index (χ3v) is 3.88. The zero-order valence-corrected chi connectivity index (χ0v) is 13.9. The van der Waals surface area contributed by atoms with Crippen molar-refractivity contribution in [2.75, 3.05) is 13.7 Å². The number of ether oxygens (including phenoxy) is 2. The van der Waals surface area contributed by atoms with Crippen LogP contribution in [0.15, 0.2) is 35.7 Å². The van der Waals surface area contributed by atoms with Crippen molar-refractivity contribution in [2.24, 2.45) is 5.92 Å². The highest BCUT2D eigenvalue weighted by Crippen LogP contribution is 2.28. The molecule has 0 aliphatic heterocycles. The lowest BCUT2D eigenvalue weighted by Crippen LogP contribution is -2.22. The number of carbonyl (C=O) groups excluding carboxylic acids is 1. The molecule has 1 aromatic carbocycles. The minimum Gasteiger partial charge on any atom is -0.493 e. The molecular formula is C17H21NO3S. The van der Waals surface area contributed by atoms with Crippen LogP contribution in [-0.2, 0) is 6.54 Å². The van der Waals surface area contributed by atoms with E-state index >= 15 is 0 Å². The van der Waals surface area contributed by atoms with E-state index < -0.39 is 0 Å². The summed E-state index contributed by atoms with van der Waals surface area (Å²) in [4.78, 5) is 13.3. The van der Waals surface area contributed by atoms with Gasteiger partial charge in [0.15, 0.2) is 11.5 Å². The number of benzene rings is 1. The molecule has 118 valence electrons. The van der Waals surface area contributed by atoms with Gasteiger partial charge in [-0.05, 0) is 35.6 Å². The van der Waals surface area contributed by atoms with E-state index in [0.717, 1.165) is 4.88 Å². The molecule has 1 N–H and O–H groups in total. The SMILES string of the molecule is COc1cc(C(=O)NCc2cccs2)ccc1OCC(C)C. The quantitative estimate of drug-likeness (QED) is 0.846. The normalized spacial score (nSPS) is 10.5. The highest BCUT2D eigenvalue weighted by molar-refractivity contribution is 7.09. The zero-order chi connectivity index (χ0) is 15.9. The Balaban J connectivity index is 2.02. The lowest BCUT2D eigenvalue weighted by atomic mass is 10.2. The van der Waals surface area contributed by atoms with Crippen LogP contribution in [0.5, 0.6) is 11.5 Å². The second kappa shape index (κ2) is 7.84. The monoisotopic (exact) mass is 319 g/mol. The van der Waals surface area contributed by atoms with E-state index in [1.54, 1.807) is 36.6 Å². The van der Waals surface area contributed by atoms with Crippen LogP contribution in [0.1, 0.15) is 29.1 Å². The van der Waals surface area contributed by atoms with Gasteiger partial charge < -0.3 is 14.8 Å². The van der Waals surface area contributed by atoms with Crippen LogP contribution in [0, 0.1) is 5.92 Å². The smallest absolute Gasteiger partial charge is 0.251 e. The number of hydrogen-bond acceptors (Lipinski definition) is 4. The molecule has 0 aliphatic rings. The van der Waals surface area contributed by atoms with Gasteiger partial charge in [0.05, 0.1) is 20.3 Å². The molecule has 2 rings (SSSR count). The third-order valence-electron chi connectivity index (χ3n) is 3.00. The lowest BCUT2D eigenvalue weighted by Gasteiger charge is -2.13.